The summed E-state index contributed by atoms with van der Waals surface area (Å²) < 4.78 is 45.7. The number of methoxy groups -OCH3 is 1. The minimum Gasteiger partial charge on any atom is -0.495 e. The van der Waals surface area contributed by atoms with Crippen LogP contribution in [0, 0.1) is 6.92 Å². The van der Waals surface area contributed by atoms with E-state index in [0.717, 1.165) is 10.4 Å². The molecule has 1 fully saturated rings. The number of halogens is 5. The van der Waals surface area contributed by atoms with Gasteiger partial charge in [-0.25, -0.2) is 4.68 Å². The van der Waals surface area contributed by atoms with Crippen molar-refractivity contribution in [2.24, 2.45) is 0 Å². The van der Waals surface area contributed by atoms with Gasteiger partial charge < -0.3 is 9.64 Å². The normalized spacial score (nSPS) is 16.7. The van der Waals surface area contributed by atoms with Gasteiger partial charge in [-0.05, 0) is 19.1 Å². The Bertz CT molecular complexity index is 896. The van der Waals surface area contributed by atoms with Gasteiger partial charge in [0.1, 0.15) is 5.75 Å². The summed E-state index contributed by atoms with van der Waals surface area (Å²) in [5.74, 6) is 0.627. The SMILES string of the molecule is COc1cc(Cl)ccc1N1CCN(C(C=O)n2nc(C(F)(F)F)c(Cl)c2C)CC1. The van der Waals surface area contributed by atoms with Crippen molar-refractivity contribution in [1.29, 1.82) is 0 Å². The smallest absolute Gasteiger partial charge is 0.436 e. The van der Waals surface area contributed by atoms with Crippen LogP contribution in [-0.4, -0.2) is 54.3 Å². The number of hydrogen-bond acceptors (Lipinski definition) is 5. The molecule has 0 saturated carbocycles. The average Bonchev–Trinajstić information content (AvgIpc) is 2.98. The van der Waals surface area contributed by atoms with Gasteiger partial charge in [0.05, 0.1) is 23.5 Å². The second kappa shape index (κ2) is 8.41. The largest absolute Gasteiger partial charge is 0.495 e. The number of carbonyl (C=O) groups is 1. The molecule has 1 saturated heterocycles. The van der Waals surface area contributed by atoms with Crippen LogP contribution in [0.1, 0.15) is 17.6 Å². The molecule has 1 aromatic heterocycles. The van der Waals surface area contributed by atoms with Crippen LogP contribution in [0.15, 0.2) is 18.2 Å². The fraction of sp³-hybridized carbons (Fsp3) is 0.444. The molecule has 2 aromatic rings. The van der Waals surface area contributed by atoms with E-state index in [2.05, 4.69) is 10.00 Å². The summed E-state index contributed by atoms with van der Waals surface area (Å²) in [4.78, 5) is 15.6. The van der Waals surface area contributed by atoms with Gasteiger partial charge in [-0.3, -0.25) is 9.69 Å². The molecule has 1 aliphatic rings. The predicted octanol–water partition coefficient (Wildman–Crippen LogP) is 4.05. The van der Waals surface area contributed by atoms with Gasteiger partial charge in [-0.1, -0.05) is 23.2 Å². The Morgan fingerprint density at radius 1 is 1.21 bits per heavy atom. The number of aldehydes is 1. The van der Waals surface area contributed by atoms with Crippen LogP contribution in [0.3, 0.4) is 0 Å². The number of aromatic nitrogens is 2. The fourth-order valence-electron chi connectivity index (χ4n) is 3.38. The van der Waals surface area contributed by atoms with E-state index in [1.54, 1.807) is 24.1 Å². The highest BCUT2D eigenvalue weighted by molar-refractivity contribution is 6.32. The van der Waals surface area contributed by atoms with Crippen molar-refractivity contribution in [2.45, 2.75) is 19.3 Å². The monoisotopic (exact) mass is 450 g/mol. The number of rotatable bonds is 5. The molecule has 0 radical (unpaired) electrons. The molecule has 0 spiro atoms. The van der Waals surface area contributed by atoms with E-state index in [9.17, 15) is 18.0 Å². The van der Waals surface area contributed by atoms with Crippen molar-refractivity contribution in [1.82, 2.24) is 14.7 Å². The van der Waals surface area contributed by atoms with Gasteiger partial charge in [0.25, 0.3) is 0 Å². The lowest BCUT2D eigenvalue weighted by molar-refractivity contribution is -0.142. The Morgan fingerprint density at radius 3 is 2.38 bits per heavy atom. The lowest BCUT2D eigenvalue weighted by atomic mass is 10.2. The van der Waals surface area contributed by atoms with Gasteiger partial charge in [-0.2, -0.15) is 18.3 Å². The number of nitrogens with zero attached hydrogens (tertiary/aromatic N) is 4. The number of anilines is 1. The quantitative estimate of drug-likeness (QED) is 0.643. The van der Waals surface area contributed by atoms with Gasteiger partial charge in [0.2, 0.25) is 0 Å². The van der Waals surface area contributed by atoms with Crippen LogP contribution in [0.25, 0.3) is 0 Å². The van der Waals surface area contributed by atoms with E-state index >= 15 is 0 Å². The second-order valence-corrected chi connectivity index (χ2v) is 7.39. The molecule has 3 rings (SSSR count). The maximum atomic E-state index is 13.1. The third-order valence-corrected chi connectivity index (χ3v) is 5.58. The van der Waals surface area contributed by atoms with Crippen molar-refractivity contribution in [2.75, 3.05) is 38.2 Å². The third kappa shape index (κ3) is 4.31. The number of benzene rings is 1. The first kappa shape index (κ1) is 21.7. The molecule has 1 unspecified atom stereocenters. The molecule has 1 atom stereocenters. The number of ether oxygens (including phenoxy) is 1. The maximum absolute atomic E-state index is 13.1. The van der Waals surface area contributed by atoms with Crippen LogP contribution >= 0.6 is 23.2 Å². The minimum absolute atomic E-state index is 0.0953. The minimum atomic E-state index is -4.69. The highest BCUT2D eigenvalue weighted by Gasteiger charge is 2.39. The molecule has 0 amide bonds. The van der Waals surface area contributed by atoms with Crippen LogP contribution in [0.2, 0.25) is 10.0 Å². The van der Waals surface area contributed by atoms with Crippen molar-refractivity contribution in [3.8, 4) is 5.75 Å². The summed E-state index contributed by atoms with van der Waals surface area (Å²) in [6.45, 7) is 3.38. The van der Waals surface area contributed by atoms with Crippen molar-refractivity contribution >= 4 is 35.2 Å². The zero-order chi connectivity index (χ0) is 21.3. The van der Waals surface area contributed by atoms with Crippen LogP contribution in [-0.2, 0) is 11.0 Å². The third-order valence-electron chi connectivity index (χ3n) is 4.89. The fourth-order valence-corrected chi connectivity index (χ4v) is 3.77. The Balaban J connectivity index is 1.79. The summed E-state index contributed by atoms with van der Waals surface area (Å²) in [7, 11) is 1.55. The topological polar surface area (TPSA) is 50.6 Å². The second-order valence-electron chi connectivity index (χ2n) is 6.58. The molecule has 0 N–H and O–H groups in total. The number of alkyl halides is 3. The molecular formula is C18H19Cl2F3N4O2. The highest BCUT2D eigenvalue weighted by Crippen LogP contribution is 2.37. The highest BCUT2D eigenvalue weighted by atomic mass is 35.5. The molecule has 1 aromatic carbocycles. The summed E-state index contributed by atoms with van der Waals surface area (Å²) in [5, 5.41) is 3.64. The van der Waals surface area contributed by atoms with Crippen LogP contribution in [0.4, 0.5) is 18.9 Å². The van der Waals surface area contributed by atoms with Gasteiger partial charge in [-0.15, -0.1) is 0 Å². The summed E-state index contributed by atoms with van der Waals surface area (Å²) in [6, 6.07) is 5.32. The summed E-state index contributed by atoms with van der Waals surface area (Å²) in [6.07, 6.45) is -5.09. The lowest BCUT2D eigenvalue weighted by Crippen LogP contribution is -2.49. The number of carbonyl (C=O) groups excluding carboxylic acids is 1. The first-order valence-electron chi connectivity index (χ1n) is 8.77. The Morgan fingerprint density at radius 2 is 1.86 bits per heavy atom. The van der Waals surface area contributed by atoms with E-state index in [4.69, 9.17) is 27.9 Å². The van der Waals surface area contributed by atoms with Crippen LogP contribution < -0.4 is 9.64 Å². The molecular weight excluding hydrogens is 432 g/mol. The van der Waals surface area contributed by atoms with Crippen LogP contribution in [0.5, 0.6) is 5.75 Å². The molecule has 0 bridgehead atoms. The molecule has 29 heavy (non-hydrogen) atoms. The first-order valence-corrected chi connectivity index (χ1v) is 9.52. The molecule has 0 aliphatic carbocycles. The van der Waals surface area contributed by atoms with E-state index in [1.165, 1.54) is 6.92 Å². The van der Waals surface area contributed by atoms with Crippen molar-refractivity contribution in [3.63, 3.8) is 0 Å². The zero-order valence-corrected chi connectivity index (χ0v) is 17.2. The standard InChI is InChI=1S/C18H19Cl2F3N4O2/c1-11-16(20)17(18(21,22)23)24-27(11)15(10-28)26-7-5-25(6-8-26)13-4-3-12(19)9-14(13)29-2/h3-4,9-10,15H,5-8H2,1-2H3. The Hall–Kier alpha value is -1.97. The Labute approximate surface area is 175 Å². The van der Waals surface area contributed by atoms with Crippen molar-refractivity contribution < 1.29 is 22.7 Å². The van der Waals surface area contributed by atoms with E-state index in [1.807, 2.05) is 6.07 Å². The number of piperazine rings is 1. The van der Waals surface area contributed by atoms with Gasteiger partial charge in [0, 0.05) is 37.3 Å². The lowest BCUT2D eigenvalue weighted by Gasteiger charge is -2.39. The average molecular weight is 451 g/mol. The van der Waals surface area contributed by atoms with Crippen molar-refractivity contribution in [3.05, 3.63) is 39.6 Å². The zero-order valence-electron chi connectivity index (χ0n) is 15.7. The Kier molecular flexibility index (Phi) is 6.30. The number of hydrogen-bond donors (Lipinski definition) is 0. The van der Waals surface area contributed by atoms with Gasteiger partial charge in [0.15, 0.2) is 18.1 Å². The first-order chi connectivity index (χ1) is 13.7. The van der Waals surface area contributed by atoms with E-state index in [0.29, 0.717) is 43.2 Å². The molecule has 158 valence electrons. The predicted molar refractivity (Wildman–Crippen MR) is 104 cm³/mol. The van der Waals surface area contributed by atoms with E-state index in [-0.39, 0.29) is 5.69 Å². The summed E-state index contributed by atoms with van der Waals surface area (Å²) in [5.41, 5.74) is -0.234. The maximum Gasteiger partial charge on any atom is 0.436 e. The molecule has 2 heterocycles. The van der Waals surface area contributed by atoms with E-state index < -0.39 is 23.1 Å². The molecule has 11 heteroatoms. The molecule has 6 nitrogen and oxygen atoms in total. The summed E-state index contributed by atoms with van der Waals surface area (Å²) >= 11 is 11.8. The van der Waals surface area contributed by atoms with Gasteiger partial charge >= 0.3 is 6.18 Å². The molecule has 1 aliphatic heterocycles.